The van der Waals surface area contributed by atoms with Gasteiger partial charge in [-0.1, -0.05) is 65.0 Å². The molecule has 51 heavy (non-hydrogen) atoms. The molecule has 2 aromatic rings. The Morgan fingerprint density at radius 3 is 1.90 bits per heavy atom. The number of rotatable bonds is 16. The number of carbonyl (C=O) groups excluding carboxylic acids is 4. The van der Waals surface area contributed by atoms with E-state index in [0.717, 1.165) is 5.32 Å². The van der Waals surface area contributed by atoms with E-state index in [4.69, 9.17) is 9.16 Å². The molecule has 0 saturated heterocycles. The average molecular weight is 747 g/mol. The molecule has 0 spiro atoms. The molecule has 0 bridgehead atoms. The van der Waals surface area contributed by atoms with Crippen molar-refractivity contribution in [3.63, 3.8) is 0 Å². The average Bonchev–Trinajstić information content (AvgIpc) is 3.05. The van der Waals surface area contributed by atoms with E-state index in [1.165, 1.54) is 57.4 Å². The van der Waals surface area contributed by atoms with E-state index in [1.54, 1.807) is 18.2 Å². The summed E-state index contributed by atoms with van der Waals surface area (Å²) in [6.07, 6.45) is -7.97. The molecular formula is C34H47F5N4O7Si. The van der Waals surface area contributed by atoms with Crippen LogP contribution in [-0.2, 0) is 18.8 Å². The monoisotopic (exact) mass is 746 g/mol. The molecule has 0 aromatic heterocycles. The number of hydrogen-bond acceptors (Lipinski definition) is 7. The maximum atomic E-state index is 15.0. The topological polar surface area (TPSA) is 155 Å². The van der Waals surface area contributed by atoms with Gasteiger partial charge in [0.25, 0.3) is 11.8 Å². The zero-order valence-corrected chi connectivity index (χ0v) is 30.8. The number of alkyl halides is 5. The Balaban J connectivity index is 2.48. The normalized spacial score (nSPS) is 14.9. The van der Waals surface area contributed by atoms with Gasteiger partial charge in [-0.05, 0) is 53.9 Å². The Morgan fingerprint density at radius 1 is 0.843 bits per heavy atom. The van der Waals surface area contributed by atoms with E-state index < -0.39 is 80.7 Å². The van der Waals surface area contributed by atoms with Gasteiger partial charge in [0.05, 0.1) is 19.8 Å². The van der Waals surface area contributed by atoms with Gasteiger partial charge in [-0.2, -0.15) is 22.0 Å². The minimum Gasteiger partial charge on any atom is -0.497 e. The third kappa shape index (κ3) is 12.3. The van der Waals surface area contributed by atoms with Crippen molar-refractivity contribution in [3.05, 3.63) is 65.7 Å². The van der Waals surface area contributed by atoms with Gasteiger partial charge in [-0.15, -0.1) is 0 Å². The Morgan fingerprint density at radius 2 is 1.41 bits per heavy atom. The van der Waals surface area contributed by atoms with E-state index in [-0.39, 0.29) is 22.8 Å². The van der Waals surface area contributed by atoms with E-state index in [2.05, 4.69) is 16.0 Å². The molecule has 0 aliphatic heterocycles. The minimum absolute atomic E-state index is 0.131. The number of aliphatic hydroxyl groups is 1. The van der Waals surface area contributed by atoms with Gasteiger partial charge in [0.2, 0.25) is 11.8 Å². The van der Waals surface area contributed by atoms with Crippen LogP contribution in [0.15, 0.2) is 54.6 Å². The first-order valence-corrected chi connectivity index (χ1v) is 19.0. The molecule has 0 aliphatic rings. The van der Waals surface area contributed by atoms with Crippen LogP contribution in [0.25, 0.3) is 0 Å². The van der Waals surface area contributed by atoms with Crippen molar-refractivity contribution in [1.82, 2.24) is 21.3 Å². The fraction of sp³-hybridized carbons (Fsp3) is 0.529. The molecule has 4 atom stereocenters. The Labute approximate surface area is 295 Å². The first-order chi connectivity index (χ1) is 23.4. The summed E-state index contributed by atoms with van der Waals surface area (Å²) >= 11 is 0. The van der Waals surface area contributed by atoms with Crippen LogP contribution in [0.2, 0.25) is 18.1 Å². The highest BCUT2D eigenvalue weighted by atomic mass is 28.4. The minimum atomic E-state index is -5.00. The van der Waals surface area contributed by atoms with Gasteiger partial charge in [0.1, 0.15) is 30.5 Å². The smallest absolute Gasteiger partial charge is 0.405 e. The van der Waals surface area contributed by atoms with E-state index in [9.17, 15) is 46.2 Å². The molecule has 5 N–H and O–H groups in total. The maximum absolute atomic E-state index is 15.0. The summed E-state index contributed by atoms with van der Waals surface area (Å²) in [4.78, 5) is 53.0. The lowest BCUT2D eigenvalue weighted by Gasteiger charge is -2.37. The van der Waals surface area contributed by atoms with E-state index in [0.29, 0.717) is 5.75 Å². The van der Waals surface area contributed by atoms with Crippen LogP contribution in [0.5, 0.6) is 5.75 Å². The highest BCUT2D eigenvalue weighted by molar-refractivity contribution is 6.74. The lowest BCUT2D eigenvalue weighted by Crippen LogP contribution is -2.61. The number of benzene rings is 2. The van der Waals surface area contributed by atoms with E-state index in [1.807, 2.05) is 33.9 Å². The molecule has 2 aromatic carbocycles. The summed E-state index contributed by atoms with van der Waals surface area (Å²) in [5.41, 5.74) is 0.368. The maximum Gasteiger partial charge on any atom is 0.405 e. The lowest BCUT2D eigenvalue weighted by atomic mass is 9.93. The van der Waals surface area contributed by atoms with E-state index >= 15 is 0 Å². The van der Waals surface area contributed by atoms with Crippen LogP contribution < -0.4 is 26.0 Å². The standard InChI is InChI=1S/C34H47F5N4O7Si/c1-20(2)25(27(44)34(38,39)31(48)40-19-33(35,36)37)42-30(47)26(21-14-16-23(49-6)17-15-21)43-29(46)24(18-50-51(7,8)32(3,4)5)41-28(45)22-12-10-9-11-13-22/h9-17,20,24-27,44H,18-19H2,1-8H3,(H,40,48)(H,41,45)(H,42,47)(H,43,46)/t24-,25-,26-,27?/m0/s1. The SMILES string of the molecule is COc1ccc([C@H](NC(=O)[C@H](CO[Si](C)(C)C(C)(C)C)NC(=O)c2ccccc2)C(=O)N[C@@H](C(C)C)C(O)C(F)(F)C(=O)NCC(F)(F)F)cc1. The second kappa shape index (κ2) is 17.4. The van der Waals surface area contributed by atoms with Crippen molar-refractivity contribution in [2.75, 3.05) is 20.3 Å². The molecule has 0 aliphatic carbocycles. The number of aliphatic hydroxyl groups excluding tert-OH is 1. The summed E-state index contributed by atoms with van der Waals surface area (Å²) in [5, 5.41) is 18.8. The first-order valence-electron chi connectivity index (χ1n) is 16.1. The van der Waals surface area contributed by atoms with Crippen LogP contribution in [0.1, 0.15) is 56.6 Å². The second-order valence-electron chi connectivity index (χ2n) is 13.8. The number of ether oxygens (including phenoxy) is 1. The number of amides is 4. The van der Waals surface area contributed by atoms with Crippen molar-refractivity contribution < 1.29 is 55.4 Å². The Bertz CT molecular complexity index is 1490. The number of hydrogen-bond donors (Lipinski definition) is 5. The quantitative estimate of drug-likeness (QED) is 0.125. The van der Waals surface area contributed by atoms with Gasteiger partial charge in [-0.25, -0.2) is 0 Å². The summed E-state index contributed by atoms with van der Waals surface area (Å²) in [5.74, 6) is -10.4. The molecule has 1 unspecified atom stereocenters. The number of carbonyl (C=O) groups is 4. The van der Waals surface area contributed by atoms with Gasteiger partial charge >= 0.3 is 12.1 Å². The Hall–Kier alpha value is -4.09. The van der Waals surface area contributed by atoms with Gasteiger partial charge in [0.15, 0.2) is 8.32 Å². The number of methoxy groups -OCH3 is 1. The predicted molar refractivity (Wildman–Crippen MR) is 182 cm³/mol. The molecular weight excluding hydrogens is 699 g/mol. The molecule has 0 heterocycles. The molecule has 0 radical (unpaired) electrons. The zero-order valence-electron chi connectivity index (χ0n) is 29.8. The number of halogens is 5. The highest BCUT2D eigenvalue weighted by Gasteiger charge is 2.52. The second-order valence-corrected chi connectivity index (χ2v) is 18.6. The summed E-state index contributed by atoms with van der Waals surface area (Å²) in [6, 6.07) is 8.89. The third-order valence-electron chi connectivity index (χ3n) is 8.56. The van der Waals surface area contributed by atoms with Crippen molar-refractivity contribution in [2.45, 2.75) is 89.1 Å². The predicted octanol–water partition coefficient (Wildman–Crippen LogP) is 4.49. The fourth-order valence-corrected chi connectivity index (χ4v) is 5.39. The molecule has 11 nitrogen and oxygen atoms in total. The van der Waals surface area contributed by atoms with Gasteiger partial charge < -0.3 is 35.5 Å². The van der Waals surface area contributed by atoms with Crippen LogP contribution in [0.4, 0.5) is 22.0 Å². The molecule has 284 valence electrons. The molecule has 0 saturated carbocycles. The summed E-state index contributed by atoms with van der Waals surface area (Å²) in [6.45, 7) is 10.1. The van der Waals surface area contributed by atoms with Crippen LogP contribution >= 0.6 is 0 Å². The third-order valence-corrected chi connectivity index (χ3v) is 13.1. The van der Waals surface area contributed by atoms with Crippen LogP contribution in [0, 0.1) is 5.92 Å². The Kier molecular flexibility index (Phi) is 14.7. The van der Waals surface area contributed by atoms with Gasteiger partial charge in [-0.3, -0.25) is 19.2 Å². The van der Waals surface area contributed by atoms with Crippen molar-refractivity contribution >= 4 is 31.9 Å². The summed E-state index contributed by atoms with van der Waals surface area (Å²) < 4.78 is 79.1. The largest absolute Gasteiger partial charge is 0.497 e. The van der Waals surface area contributed by atoms with Crippen LogP contribution in [0.3, 0.4) is 0 Å². The van der Waals surface area contributed by atoms with Crippen molar-refractivity contribution in [1.29, 1.82) is 0 Å². The summed E-state index contributed by atoms with van der Waals surface area (Å²) in [7, 11) is -1.10. The molecule has 17 heteroatoms. The van der Waals surface area contributed by atoms with Crippen molar-refractivity contribution in [2.24, 2.45) is 5.92 Å². The van der Waals surface area contributed by atoms with Crippen molar-refractivity contribution in [3.8, 4) is 5.75 Å². The molecule has 2 rings (SSSR count). The fourth-order valence-electron chi connectivity index (χ4n) is 4.38. The first kappa shape index (κ1) is 43.1. The lowest BCUT2D eigenvalue weighted by molar-refractivity contribution is -0.175. The van der Waals surface area contributed by atoms with Gasteiger partial charge in [0, 0.05) is 5.56 Å². The molecule has 0 fully saturated rings. The zero-order chi connectivity index (χ0) is 38.9. The van der Waals surface area contributed by atoms with Crippen LogP contribution in [-0.4, -0.2) is 87.6 Å². The number of nitrogens with one attached hydrogen (secondary N) is 4. The molecule has 4 amide bonds. The highest BCUT2D eigenvalue weighted by Crippen LogP contribution is 2.36.